The summed E-state index contributed by atoms with van der Waals surface area (Å²) in [5.41, 5.74) is 0. The largest absolute Gasteiger partial charge is 0.508 e. The zero-order valence-corrected chi connectivity index (χ0v) is 8.86. The normalized spacial score (nSPS) is 20.8. The van der Waals surface area contributed by atoms with E-state index in [0.29, 0.717) is 6.42 Å². The lowest BCUT2D eigenvalue weighted by atomic mass is 10.3. The van der Waals surface area contributed by atoms with Crippen LogP contribution in [0.5, 0.6) is 0 Å². The quantitative estimate of drug-likeness (QED) is 0.378. The van der Waals surface area contributed by atoms with Crippen LogP contribution in [0, 0.1) is 0 Å². The summed E-state index contributed by atoms with van der Waals surface area (Å²) in [5.74, 6) is -0.228. The number of carbonyl (C=O) groups is 1. The minimum absolute atomic E-state index is 0.0303. The van der Waals surface area contributed by atoms with Gasteiger partial charge in [0.2, 0.25) is 0 Å². The first-order chi connectivity index (χ1) is 7.03. The molecule has 1 unspecified atom stereocenters. The summed E-state index contributed by atoms with van der Waals surface area (Å²) in [6, 6.07) is 0. The molecular formula is C8H12O6S. The summed E-state index contributed by atoms with van der Waals surface area (Å²) in [7, 11) is -3.54. The molecule has 0 aliphatic carbocycles. The van der Waals surface area contributed by atoms with Crippen molar-refractivity contribution in [2.45, 2.75) is 12.5 Å². The van der Waals surface area contributed by atoms with E-state index < -0.39 is 22.4 Å². The average Bonchev–Trinajstić information content (AvgIpc) is 2.51. The van der Waals surface area contributed by atoms with Crippen LogP contribution in [-0.2, 0) is 23.8 Å². The minimum Gasteiger partial charge on any atom is -0.430 e. The minimum atomic E-state index is -3.54. The Morgan fingerprint density at radius 3 is 2.87 bits per heavy atom. The summed E-state index contributed by atoms with van der Waals surface area (Å²) < 4.78 is 35.9. The van der Waals surface area contributed by atoms with E-state index in [1.165, 1.54) is 6.08 Å². The maximum Gasteiger partial charge on any atom is 0.508 e. The van der Waals surface area contributed by atoms with Crippen molar-refractivity contribution in [3.63, 3.8) is 0 Å². The van der Waals surface area contributed by atoms with E-state index in [2.05, 4.69) is 20.2 Å². The second kappa shape index (κ2) is 5.13. The summed E-state index contributed by atoms with van der Waals surface area (Å²) in [5, 5.41) is 0. The lowest BCUT2D eigenvalue weighted by Gasteiger charge is -2.06. The zero-order chi connectivity index (χ0) is 11.3. The third kappa shape index (κ3) is 4.30. The van der Waals surface area contributed by atoms with Gasteiger partial charge < -0.3 is 9.47 Å². The first-order valence-corrected chi connectivity index (χ1v) is 5.92. The van der Waals surface area contributed by atoms with Crippen LogP contribution in [0.4, 0.5) is 4.79 Å². The highest BCUT2D eigenvalue weighted by Gasteiger charge is 2.25. The molecule has 6 nitrogen and oxygen atoms in total. The topological polar surface area (TPSA) is 78.9 Å². The Labute approximate surface area is 87.9 Å². The molecule has 1 aliphatic rings. The second-order valence-corrected chi connectivity index (χ2v) is 4.61. The lowest BCUT2D eigenvalue weighted by Crippen LogP contribution is -2.16. The predicted octanol–water partition coefficient (Wildman–Crippen LogP) is 0.444. The predicted molar refractivity (Wildman–Crippen MR) is 50.8 cm³/mol. The fraction of sp³-hybridized carbons (Fsp3) is 0.625. The Hall–Kier alpha value is -1.08. The van der Waals surface area contributed by atoms with Gasteiger partial charge in [0.1, 0.15) is 12.7 Å². The summed E-state index contributed by atoms with van der Waals surface area (Å²) in [6.45, 7) is 3.41. The second-order valence-electron chi connectivity index (χ2n) is 2.92. The molecule has 0 radical (unpaired) electrons. The van der Waals surface area contributed by atoms with Gasteiger partial charge in [-0.25, -0.2) is 4.79 Å². The van der Waals surface area contributed by atoms with E-state index in [4.69, 9.17) is 0 Å². The van der Waals surface area contributed by atoms with E-state index in [1.54, 1.807) is 0 Å². The Morgan fingerprint density at radius 1 is 1.60 bits per heavy atom. The summed E-state index contributed by atoms with van der Waals surface area (Å²) in [6.07, 6.45) is 0.390. The molecule has 0 saturated carbocycles. The SMILES string of the molecule is C=CCS(=O)(=O)OCCC1COC(=O)O1. The molecule has 1 rings (SSSR count). The molecular weight excluding hydrogens is 224 g/mol. The molecule has 0 spiro atoms. The van der Waals surface area contributed by atoms with Gasteiger partial charge in [0.25, 0.3) is 10.1 Å². The van der Waals surface area contributed by atoms with Crippen molar-refractivity contribution in [3.05, 3.63) is 12.7 Å². The van der Waals surface area contributed by atoms with Crippen LogP contribution >= 0.6 is 0 Å². The number of hydrogen-bond acceptors (Lipinski definition) is 6. The van der Waals surface area contributed by atoms with Gasteiger partial charge in [-0.1, -0.05) is 6.08 Å². The maximum absolute atomic E-state index is 11.0. The van der Waals surface area contributed by atoms with Crippen LogP contribution in [0.25, 0.3) is 0 Å². The number of hydrogen-bond donors (Lipinski definition) is 0. The van der Waals surface area contributed by atoms with Crippen molar-refractivity contribution >= 4 is 16.3 Å². The average molecular weight is 236 g/mol. The van der Waals surface area contributed by atoms with Crippen molar-refractivity contribution < 1.29 is 26.9 Å². The first-order valence-electron chi connectivity index (χ1n) is 4.35. The molecule has 1 fully saturated rings. The molecule has 15 heavy (non-hydrogen) atoms. The smallest absolute Gasteiger partial charge is 0.430 e. The highest BCUT2D eigenvalue weighted by molar-refractivity contribution is 7.86. The third-order valence-electron chi connectivity index (χ3n) is 1.67. The molecule has 0 bridgehead atoms. The van der Waals surface area contributed by atoms with Gasteiger partial charge in [0.15, 0.2) is 0 Å². The molecule has 0 amide bonds. The van der Waals surface area contributed by atoms with Gasteiger partial charge >= 0.3 is 6.16 Å². The van der Waals surface area contributed by atoms with E-state index >= 15 is 0 Å². The molecule has 0 aromatic carbocycles. The number of cyclic esters (lactones) is 2. The van der Waals surface area contributed by atoms with Crippen LogP contribution in [0.1, 0.15) is 6.42 Å². The Morgan fingerprint density at radius 2 is 2.33 bits per heavy atom. The Bertz CT molecular complexity index is 333. The molecule has 1 heterocycles. The van der Waals surface area contributed by atoms with Gasteiger partial charge in [0, 0.05) is 6.42 Å². The van der Waals surface area contributed by atoms with E-state index in [0.717, 1.165) is 0 Å². The monoisotopic (exact) mass is 236 g/mol. The summed E-state index contributed by atoms with van der Waals surface area (Å²) in [4.78, 5) is 10.5. The van der Waals surface area contributed by atoms with Gasteiger partial charge in [-0.3, -0.25) is 4.18 Å². The Balaban J connectivity index is 2.21. The van der Waals surface area contributed by atoms with Crippen LogP contribution in [0.15, 0.2) is 12.7 Å². The van der Waals surface area contributed by atoms with Crippen molar-refractivity contribution in [3.8, 4) is 0 Å². The van der Waals surface area contributed by atoms with Crippen LogP contribution in [0.2, 0.25) is 0 Å². The molecule has 86 valence electrons. The number of carbonyl (C=O) groups excluding carboxylic acids is 1. The maximum atomic E-state index is 11.0. The number of rotatable bonds is 6. The van der Waals surface area contributed by atoms with E-state index in [-0.39, 0.29) is 19.0 Å². The highest BCUT2D eigenvalue weighted by atomic mass is 32.2. The van der Waals surface area contributed by atoms with E-state index in [1.807, 2.05) is 0 Å². The molecule has 0 N–H and O–H groups in total. The molecule has 1 aliphatic heterocycles. The van der Waals surface area contributed by atoms with Crippen LogP contribution in [-0.4, -0.2) is 39.6 Å². The van der Waals surface area contributed by atoms with Crippen LogP contribution in [0.3, 0.4) is 0 Å². The molecule has 1 saturated heterocycles. The fourth-order valence-corrected chi connectivity index (χ4v) is 1.74. The Kier molecular flexibility index (Phi) is 4.10. The zero-order valence-electron chi connectivity index (χ0n) is 8.05. The summed E-state index contributed by atoms with van der Waals surface area (Å²) >= 11 is 0. The fourth-order valence-electron chi connectivity index (χ4n) is 1.01. The van der Waals surface area contributed by atoms with Crippen molar-refractivity contribution in [1.29, 1.82) is 0 Å². The van der Waals surface area contributed by atoms with Crippen molar-refractivity contribution in [1.82, 2.24) is 0 Å². The van der Waals surface area contributed by atoms with Crippen molar-refractivity contribution in [2.24, 2.45) is 0 Å². The van der Waals surface area contributed by atoms with Crippen LogP contribution < -0.4 is 0 Å². The molecule has 0 aromatic rings. The van der Waals surface area contributed by atoms with Gasteiger partial charge in [0.05, 0.1) is 12.4 Å². The lowest BCUT2D eigenvalue weighted by molar-refractivity contribution is 0.111. The standard InChI is InChI=1S/C8H12O6S/c1-2-5-15(10,11)13-4-3-7-6-12-8(9)14-7/h2,7H,1,3-6H2. The molecule has 1 atom stereocenters. The van der Waals surface area contributed by atoms with E-state index in [9.17, 15) is 13.2 Å². The third-order valence-corrected chi connectivity index (χ3v) is 2.84. The van der Waals surface area contributed by atoms with Gasteiger partial charge in [-0.15, -0.1) is 6.58 Å². The van der Waals surface area contributed by atoms with Gasteiger partial charge in [-0.05, 0) is 0 Å². The molecule has 7 heteroatoms. The molecule has 0 aromatic heterocycles. The number of ether oxygens (including phenoxy) is 2. The van der Waals surface area contributed by atoms with Gasteiger partial charge in [-0.2, -0.15) is 8.42 Å². The van der Waals surface area contributed by atoms with Crippen molar-refractivity contribution in [2.75, 3.05) is 19.0 Å². The highest BCUT2D eigenvalue weighted by Crippen LogP contribution is 2.10. The first kappa shape index (κ1) is 12.0.